The Morgan fingerprint density at radius 2 is 1.26 bits per heavy atom. The summed E-state index contributed by atoms with van der Waals surface area (Å²) in [5.74, 6) is -0.446. The zero-order chi connectivity index (χ0) is 16.3. The Bertz CT molecular complexity index is 420. The molecule has 23 heavy (non-hydrogen) atoms. The van der Waals surface area contributed by atoms with Crippen LogP contribution in [0.4, 0.5) is 0 Å². The van der Waals surface area contributed by atoms with Gasteiger partial charge in [-0.2, -0.15) is 0 Å². The van der Waals surface area contributed by atoms with Crippen molar-refractivity contribution in [3.05, 3.63) is 23.3 Å². The smallest absolute Gasteiger partial charge is 0.306 e. The van der Waals surface area contributed by atoms with Gasteiger partial charge in [-0.05, 0) is 68.9 Å². The SMILES string of the molecule is O=C(CCCC(=O)OCC1=CCCCC1)OCC1=CCCCC1. The fourth-order valence-corrected chi connectivity index (χ4v) is 2.94. The van der Waals surface area contributed by atoms with E-state index in [4.69, 9.17) is 9.47 Å². The number of hydrogen-bond acceptors (Lipinski definition) is 4. The number of allylic oxidation sites excluding steroid dienone is 2. The Morgan fingerprint density at radius 3 is 1.65 bits per heavy atom. The lowest BCUT2D eigenvalue weighted by atomic mass is 10.0. The van der Waals surface area contributed by atoms with Gasteiger partial charge in [0, 0.05) is 12.8 Å². The van der Waals surface area contributed by atoms with E-state index in [1.807, 2.05) is 0 Å². The molecule has 0 N–H and O–H groups in total. The molecule has 0 aromatic rings. The Morgan fingerprint density at radius 1 is 0.783 bits per heavy atom. The number of carbonyl (C=O) groups is 2. The van der Waals surface area contributed by atoms with E-state index in [-0.39, 0.29) is 24.8 Å². The molecule has 0 fully saturated rings. The minimum absolute atomic E-state index is 0.223. The van der Waals surface area contributed by atoms with Gasteiger partial charge in [-0.1, -0.05) is 12.2 Å². The van der Waals surface area contributed by atoms with Gasteiger partial charge in [0.1, 0.15) is 13.2 Å². The predicted molar refractivity (Wildman–Crippen MR) is 88.9 cm³/mol. The van der Waals surface area contributed by atoms with Crippen molar-refractivity contribution in [1.82, 2.24) is 0 Å². The Kier molecular flexibility index (Phi) is 7.91. The average molecular weight is 320 g/mol. The molecule has 0 heterocycles. The van der Waals surface area contributed by atoms with Crippen molar-refractivity contribution in [2.45, 2.75) is 70.6 Å². The normalized spacial score (nSPS) is 17.9. The second-order valence-corrected chi connectivity index (χ2v) is 6.39. The maximum atomic E-state index is 11.7. The number of hydrogen-bond donors (Lipinski definition) is 0. The third-order valence-corrected chi connectivity index (χ3v) is 4.37. The first-order valence-electron chi connectivity index (χ1n) is 8.91. The van der Waals surface area contributed by atoms with Crippen molar-refractivity contribution in [3.8, 4) is 0 Å². The van der Waals surface area contributed by atoms with Gasteiger partial charge in [0.25, 0.3) is 0 Å². The van der Waals surface area contributed by atoms with Crippen LogP contribution in [0.3, 0.4) is 0 Å². The summed E-state index contributed by atoms with van der Waals surface area (Å²) in [6.45, 7) is 0.828. The number of rotatable bonds is 8. The van der Waals surface area contributed by atoms with Crippen molar-refractivity contribution in [1.29, 1.82) is 0 Å². The Balaban J connectivity index is 1.51. The largest absolute Gasteiger partial charge is 0.461 e. The maximum Gasteiger partial charge on any atom is 0.306 e. The summed E-state index contributed by atoms with van der Waals surface area (Å²) < 4.78 is 10.5. The van der Waals surface area contributed by atoms with E-state index in [0.717, 1.165) is 25.7 Å². The van der Waals surface area contributed by atoms with E-state index >= 15 is 0 Å². The van der Waals surface area contributed by atoms with Gasteiger partial charge in [0.15, 0.2) is 0 Å². The minimum Gasteiger partial charge on any atom is -0.461 e. The van der Waals surface area contributed by atoms with Gasteiger partial charge in [-0.25, -0.2) is 0 Å². The molecule has 128 valence electrons. The van der Waals surface area contributed by atoms with Crippen molar-refractivity contribution >= 4 is 11.9 Å². The van der Waals surface area contributed by atoms with Gasteiger partial charge in [0.05, 0.1) is 0 Å². The second-order valence-electron chi connectivity index (χ2n) is 6.39. The molecule has 0 aromatic heterocycles. The van der Waals surface area contributed by atoms with Crippen LogP contribution in [0, 0.1) is 0 Å². The van der Waals surface area contributed by atoms with Crippen LogP contribution < -0.4 is 0 Å². The van der Waals surface area contributed by atoms with Crippen LogP contribution >= 0.6 is 0 Å². The van der Waals surface area contributed by atoms with E-state index in [1.54, 1.807) is 0 Å². The molecule has 0 radical (unpaired) electrons. The van der Waals surface area contributed by atoms with E-state index in [9.17, 15) is 9.59 Å². The van der Waals surface area contributed by atoms with Crippen LogP contribution in [-0.4, -0.2) is 25.2 Å². The van der Waals surface area contributed by atoms with Gasteiger partial charge < -0.3 is 9.47 Å². The molecule has 0 aliphatic heterocycles. The topological polar surface area (TPSA) is 52.6 Å². The first-order chi connectivity index (χ1) is 11.2. The molecule has 0 unspecified atom stereocenters. The highest BCUT2D eigenvalue weighted by atomic mass is 16.5. The summed E-state index contributed by atoms with van der Waals surface area (Å²) in [6.07, 6.45) is 14.5. The second kappa shape index (κ2) is 10.2. The Hall–Kier alpha value is -1.58. The van der Waals surface area contributed by atoms with Gasteiger partial charge in [-0.15, -0.1) is 0 Å². The molecule has 0 atom stereocenters. The highest BCUT2D eigenvalue weighted by molar-refractivity contribution is 5.72. The lowest BCUT2D eigenvalue weighted by Crippen LogP contribution is -2.11. The average Bonchev–Trinajstić information content (AvgIpc) is 2.60. The molecule has 0 saturated carbocycles. The fourth-order valence-electron chi connectivity index (χ4n) is 2.94. The monoisotopic (exact) mass is 320 g/mol. The summed E-state index contributed by atoms with van der Waals surface area (Å²) in [6, 6.07) is 0. The summed E-state index contributed by atoms with van der Waals surface area (Å²) in [4.78, 5) is 23.3. The van der Waals surface area contributed by atoms with Crippen molar-refractivity contribution in [2.75, 3.05) is 13.2 Å². The molecule has 4 heteroatoms. The molecule has 4 nitrogen and oxygen atoms in total. The highest BCUT2D eigenvalue weighted by Gasteiger charge is 2.11. The molecule has 0 amide bonds. The lowest BCUT2D eigenvalue weighted by Gasteiger charge is -2.13. The zero-order valence-corrected chi connectivity index (χ0v) is 14.0. The molecule has 2 aliphatic rings. The van der Waals surface area contributed by atoms with Gasteiger partial charge in [0.2, 0.25) is 0 Å². The number of carbonyl (C=O) groups excluding carboxylic acids is 2. The van der Waals surface area contributed by atoms with Gasteiger partial charge in [-0.3, -0.25) is 9.59 Å². The summed E-state index contributed by atoms with van der Waals surface area (Å²) in [7, 11) is 0. The van der Waals surface area contributed by atoms with Crippen molar-refractivity contribution < 1.29 is 19.1 Å². The minimum atomic E-state index is -0.223. The standard InChI is InChI=1S/C19H28O4/c20-18(22-14-16-8-3-1-4-9-16)12-7-13-19(21)23-15-17-10-5-2-6-11-17/h8,10H,1-7,9,11-15H2. The molecular formula is C19H28O4. The van der Waals surface area contributed by atoms with E-state index in [1.165, 1.54) is 36.8 Å². The quantitative estimate of drug-likeness (QED) is 0.496. The van der Waals surface area contributed by atoms with Crippen LogP contribution in [0.2, 0.25) is 0 Å². The van der Waals surface area contributed by atoms with Crippen molar-refractivity contribution in [3.63, 3.8) is 0 Å². The third kappa shape index (κ3) is 7.49. The molecule has 0 bridgehead atoms. The molecule has 0 saturated heterocycles. The number of esters is 2. The fraction of sp³-hybridized carbons (Fsp3) is 0.684. The van der Waals surface area contributed by atoms with Crippen molar-refractivity contribution in [2.24, 2.45) is 0 Å². The van der Waals surface area contributed by atoms with Crippen LogP contribution in [0.25, 0.3) is 0 Å². The maximum absolute atomic E-state index is 11.7. The van der Waals surface area contributed by atoms with Crippen LogP contribution in [0.5, 0.6) is 0 Å². The zero-order valence-electron chi connectivity index (χ0n) is 14.0. The molecule has 2 aliphatic carbocycles. The number of ether oxygens (including phenoxy) is 2. The molecule has 0 aromatic carbocycles. The van der Waals surface area contributed by atoms with E-state index < -0.39 is 0 Å². The van der Waals surface area contributed by atoms with E-state index in [0.29, 0.717) is 19.6 Å². The van der Waals surface area contributed by atoms with E-state index in [2.05, 4.69) is 12.2 Å². The van der Waals surface area contributed by atoms with Crippen LogP contribution in [0.1, 0.15) is 70.6 Å². The highest BCUT2D eigenvalue weighted by Crippen LogP contribution is 2.18. The molecular weight excluding hydrogens is 292 g/mol. The van der Waals surface area contributed by atoms with Crippen LogP contribution in [0.15, 0.2) is 23.3 Å². The van der Waals surface area contributed by atoms with Gasteiger partial charge >= 0.3 is 11.9 Å². The summed E-state index contributed by atoms with van der Waals surface area (Å²) in [5.41, 5.74) is 2.45. The first kappa shape index (κ1) is 17.8. The molecule has 0 spiro atoms. The molecule has 2 rings (SSSR count). The third-order valence-electron chi connectivity index (χ3n) is 4.37. The first-order valence-corrected chi connectivity index (χ1v) is 8.91. The Labute approximate surface area is 138 Å². The lowest BCUT2D eigenvalue weighted by molar-refractivity contribution is -0.144. The summed E-state index contributed by atoms with van der Waals surface area (Å²) >= 11 is 0. The van der Waals surface area contributed by atoms with Crippen LogP contribution in [-0.2, 0) is 19.1 Å². The predicted octanol–water partition coefficient (Wildman–Crippen LogP) is 4.24. The summed E-state index contributed by atoms with van der Waals surface area (Å²) in [5, 5.41) is 0.